The van der Waals surface area contributed by atoms with Gasteiger partial charge in [0.15, 0.2) is 5.96 Å². The molecule has 0 radical (unpaired) electrons. The van der Waals surface area contributed by atoms with E-state index < -0.39 is 0 Å². The van der Waals surface area contributed by atoms with Crippen molar-refractivity contribution < 1.29 is 4.74 Å². The van der Waals surface area contributed by atoms with Crippen LogP contribution < -0.4 is 5.32 Å². The van der Waals surface area contributed by atoms with Gasteiger partial charge in [0.1, 0.15) is 6.10 Å². The Labute approximate surface area is 166 Å². The molecular weight excluding hydrogens is 348 g/mol. The molecule has 0 saturated carbocycles. The Morgan fingerprint density at radius 1 is 1.18 bits per heavy atom. The topological polar surface area (TPSA) is 49.8 Å². The molecule has 1 aromatic heterocycles. The summed E-state index contributed by atoms with van der Waals surface area (Å²) in [7, 11) is 1.83. The highest BCUT2D eigenvalue weighted by molar-refractivity contribution is 5.85. The van der Waals surface area contributed by atoms with E-state index in [1.165, 1.54) is 21.9 Å². The second-order valence-electron chi connectivity index (χ2n) is 7.04. The van der Waals surface area contributed by atoms with Crippen molar-refractivity contribution in [2.24, 2.45) is 4.99 Å². The van der Waals surface area contributed by atoms with Crippen LogP contribution in [0.1, 0.15) is 22.9 Å². The number of hydrogen-bond donors (Lipinski definition) is 1. The second-order valence-corrected chi connectivity index (χ2v) is 7.04. The summed E-state index contributed by atoms with van der Waals surface area (Å²) in [6.07, 6.45) is 1.93. The van der Waals surface area contributed by atoms with Crippen LogP contribution in [0.3, 0.4) is 0 Å². The first-order valence-corrected chi connectivity index (χ1v) is 9.71. The molecule has 0 aliphatic carbocycles. The lowest BCUT2D eigenvalue weighted by atomic mass is 10.0. The van der Waals surface area contributed by atoms with Crippen molar-refractivity contribution in [1.29, 1.82) is 0 Å². The van der Waals surface area contributed by atoms with Crippen molar-refractivity contribution in [2.45, 2.75) is 19.6 Å². The number of morpholine rings is 1. The quantitative estimate of drug-likeness (QED) is 0.561. The summed E-state index contributed by atoms with van der Waals surface area (Å²) in [5.41, 5.74) is 3.54. The molecule has 1 aliphatic heterocycles. The SMILES string of the molecule is CN=C(NCc1nccc2ccccc12)N1CCOC(c2ccccc2C)C1. The number of aliphatic imine (C=N–C) groups is 1. The average Bonchev–Trinajstić information content (AvgIpc) is 2.75. The zero-order valence-corrected chi connectivity index (χ0v) is 16.4. The smallest absolute Gasteiger partial charge is 0.194 e. The molecule has 2 heterocycles. The number of ether oxygens (including phenoxy) is 1. The van der Waals surface area contributed by atoms with E-state index in [9.17, 15) is 0 Å². The van der Waals surface area contributed by atoms with Gasteiger partial charge in [0, 0.05) is 25.2 Å². The van der Waals surface area contributed by atoms with Crippen LogP contribution in [0.25, 0.3) is 10.8 Å². The number of rotatable bonds is 3. The molecule has 1 unspecified atom stereocenters. The molecule has 3 aromatic rings. The third kappa shape index (κ3) is 3.85. The number of nitrogens with one attached hydrogen (secondary N) is 1. The maximum absolute atomic E-state index is 6.05. The van der Waals surface area contributed by atoms with Crippen LogP contribution in [0.2, 0.25) is 0 Å². The molecule has 28 heavy (non-hydrogen) atoms. The number of aromatic nitrogens is 1. The molecule has 1 fully saturated rings. The highest BCUT2D eigenvalue weighted by Gasteiger charge is 2.25. The van der Waals surface area contributed by atoms with E-state index in [0.29, 0.717) is 13.2 Å². The second kappa shape index (κ2) is 8.40. The molecule has 2 aromatic carbocycles. The van der Waals surface area contributed by atoms with Gasteiger partial charge in [-0.25, -0.2) is 0 Å². The van der Waals surface area contributed by atoms with E-state index >= 15 is 0 Å². The summed E-state index contributed by atoms with van der Waals surface area (Å²) < 4.78 is 6.05. The largest absolute Gasteiger partial charge is 0.370 e. The Bertz CT molecular complexity index is 980. The molecule has 0 bridgehead atoms. The highest BCUT2D eigenvalue weighted by Crippen LogP contribution is 2.25. The fourth-order valence-electron chi connectivity index (χ4n) is 3.80. The summed E-state index contributed by atoms with van der Waals surface area (Å²) in [6.45, 7) is 5.07. The fraction of sp³-hybridized carbons (Fsp3) is 0.304. The molecule has 1 N–H and O–H groups in total. The van der Waals surface area contributed by atoms with Crippen LogP contribution >= 0.6 is 0 Å². The van der Waals surface area contributed by atoms with E-state index in [2.05, 4.69) is 75.6 Å². The standard InChI is InChI=1S/C23H26N4O/c1-17-7-3-5-9-19(17)22-16-27(13-14-28-22)23(24-2)26-15-21-20-10-6-4-8-18(20)11-12-25-21/h3-12,22H,13-16H2,1-2H3,(H,24,26). The summed E-state index contributed by atoms with van der Waals surface area (Å²) in [5, 5.41) is 5.87. The Morgan fingerprint density at radius 3 is 2.86 bits per heavy atom. The van der Waals surface area contributed by atoms with Crippen molar-refractivity contribution in [3.05, 3.63) is 77.6 Å². The number of hydrogen-bond acceptors (Lipinski definition) is 3. The lowest BCUT2D eigenvalue weighted by Crippen LogP contribution is -2.48. The van der Waals surface area contributed by atoms with Gasteiger partial charge in [-0.05, 0) is 29.5 Å². The van der Waals surface area contributed by atoms with E-state index in [0.717, 1.165) is 24.7 Å². The fourth-order valence-corrected chi connectivity index (χ4v) is 3.80. The van der Waals surface area contributed by atoms with Crippen LogP contribution in [-0.4, -0.2) is 42.6 Å². The van der Waals surface area contributed by atoms with Gasteiger partial charge in [0.25, 0.3) is 0 Å². The maximum atomic E-state index is 6.05. The molecule has 5 heteroatoms. The van der Waals surface area contributed by atoms with Crippen LogP contribution in [0, 0.1) is 6.92 Å². The summed E-state index contributed by atoms with van der Waals surface area (Å²) in [4.78, 5) is 11.3. The Kier molecular flexibility index (Phi) is 5.53. The number of guanidine groups is 1. The zero-order chi connectivity index (χ0) is 19.3. The third-order valence-corrected chi connectivity index (χ3v) is 5.28. The lowest BCUT2D eigenvalue weighted by molar-refractivity contribution is -0.00834. The van der Waals surface area contributed by atoms with E-state index in [1.54, 1.807) is 0 Å². The Balaban J connectivity index is 1.47. The van der Waals surface area contributed by atoms with Gasteiger partial charge in [-0.2, -0.15) is 0 Å². The highest BCUT2D eigenvalue weighted by atomic mass is 16.5. The van der Waals surface area contributed by atoms with E-state index in [4.69, 9.17) is 4.74 Å². The first-order valence-electron chi connectivity index (χ1n) is 9.71. The number of nitrogens with zero attached hydrogens (tertiary/aromatic N) is 3. The van der Waals surface area contributed by atoms with E-state index in [1.807, 2.05) is 19.3 Å². The predicted molar refractivity (Wildman–Crippen MR) is 113 cm³/mol. The van der Waals surface area contributed by atoms with Crippen molar-refractivity contribution in [3.8, 4) is 0 Å². The summed E-state index contributed by atoms with van der Waals surface area (Å²) >= 11 is 0. The molecule has 1 atom stereocenters. The monoisotopic (exact) mass is 374 g/mol. The first kappa shape index (κ1) is 18.4. The minimum atomic E-state index is 0.0594. The molecule has 1 aliphatic rings. The van der Waals surface area contributed by atoms with Gasteiger partial charge in [0.2, 0.25) is 0 Å². The van der Waals surface area contributed by atoms with Gasteiger partial charge in [-0.3, -0.25) is 9.98 Å². The lowest BCUT2D eigenvalue weighted by Gasteiger charge is -2.35. The molecule has 0 amide bonds. The maximum Gasteiger partial charge on any atom is 0.194 e. The van der Waals surface area contributed by atoms with Crippen LogP contribution in [0.5, 0.6) is 0 Å². The molecule has 0 spiro atoms. The Morgan fingerprint density at radius 2 is 2.00 bits per heavy atom. The van der Waals surface area contributed by atoms with Gasteiger partial charge >= 0.3 is 0 Å². The van der Waals surface area contributed by atoms with Gasteiger partial charge in [0.05, 0.1) is 25.4 Å². The predicted octanol–water partition coefficient (Wildman–Crippen LogP) is 3.69. The van der Waals surface area contributed by atoms with Crippen LogP contribution in [-0.2, 0) is 11.3 Å². The first-order chi connectivity index (χ1) is 13.8. The summed E-state index contributed by atoms with van der Waals surface area (Å²) in [6, 6.07) is 18.8. The molecule has 1 saturated heterocycles. The van der Waals surface area contributed by atoms with Crippen LogP contribution in [0.15, 0.2) is 65.8 Å². The molecule has 5 nitrogen and oxygen atoms in total. The van der Waals surface area contributed by atoms with Crippen molar-refractivity contribution in [3.63, 3.8) is 0 Å². The number of fused-ring (bicyclic) bond motifs is 1. The third-order valence-electron chi connectivity index (χ3n) is 5.28. The number of aryl methyl sites for hydroxylation is 1. The normalized spacial score (nSPS) is 17.7. The zero-order valence-electron chi connectivity index (χ0n) is 16.4. The van der Waals surface area contributed by atoms with Gasteiger partial charge in [-0.1, -0.05) is 48.5 Å². The number of pyridine rings is 1. The minimum Gasteiger partial charge on any atom is -0.370 e. The van der Waals surface area contributed by atoms with Crippen LogP contribution in [0.4, 0.5) is 0 Å². The van der Waals surface area contributed by atoms with Crippen molar-refractivity contribution in [1.82, 2.24) is 15.2 Å². The molecule has 144 valence electrons. The minimum absolute atomic E-state index is 0.0594. The Hall–Kier alpha value is -2.92. The molecular formula is C23H26N4O. The van der Waals surface area contributed by atoms with Crippen molar-refractivity contribution in [2.75, 3.05) is 26.7 Å². The van der Waals surface area contributed by atoms with E-state index in [-0.39, 0.29) is 6.10 Å². The number of benzene rings is 2. The summed E-state index contributed by atoms with van der Waals surface area (Å²) in [5.74, 6) is 0.886. The van der Waals surface area contributed by atoms with Crippen molar-refractivity contribution >= 4 is 16.7 Å². The van der Waals surface area contributed by atoms with Gasteiger partial charge in [-0.15, -0.1) is 0 Å². The van der Waals surface area contributed by atoms with Gasteiger partial charge < -0.3 is 15.0 Å². The average molecular weight is 374 g/mol. The molecule has 4 rings (SSSR count).